The molecule has 0 bridgehead atoms. The summed E-state index contributed by atoms with van der Waals surface area (Å²) in [5.41, 5.74) is 0.637. The Kier molecular flexibility index (Phi) is 4.26. The smallest absolute Gasteiger partial charge is 0.329 e. The molecule has 1 heterocycles. The molecular weight excluding hydrogens is 294 g/mol. The standard InChI is InChI=1S/C17H23N3O3/c1-2-19-13-7-3-4-8-14(13)20(16(19)22)11-15(21)18-12-17(23)9-5-6-10-17/h3-4,7-8,23H,2,5-6,9-12H2,1H3,(H,18,21). The Morgan fingerprint density at radius 1 is 1.22 bits per heavy atom. The van der Waals surface area contributed by atoms with Gasteiger partial charge in [0.15, 0.2) is 0 Å². The monoisotopic (exact) mass is 317 g/mol. The number of benzene rings is 1. The van der Waals surface area contributed by atoms with Gasteiger partial charge in [-0.25, -0.2) is 4.79 Å². The van der Waals surface area contributed by atoms with Crippen LogP contribution in [-0.4, -0.2) is 32.3 Å². The van der Waals surface area contributed by atoms with E-state index in [9.17, 15) is 14.7 Å². The van der Waals surface area contributed by atoms with Crippen LogP contribution < -0.4 is 11.0 Å². The van der Waals surface area contributed by atoms with Gasteiger partial charge in [-0.1, -0.05) is 25.0 Å². The molecule has 0 aliphatic heterocycles. The first kappa shape index (κ1) is 15.8. The number of aliphatic hydroxyl groups is 1. The molecule has 2 aromatic rings. The minimum Gasteiger partial charge on any atom is -0.388 e. The first-order valence-electron chi connectivity index (χ1n) is 8.21. The predicted octanol–water partition coefficient (Wildman–Crippen LogP) is 1.24. The zero-order valence-electron chi connectivity index (χ0n) is 13.4. The molecule has 0 radical (unpaired) electrons. The average molecular weight is 317 g/mol. The van der Waals surface area contributed by atoms with Crippen LogP contribution in [0.4, 0.5) is 0 Å². The molecule has 6 heteroatoms. The molecule has 1 aliphatic rings. The van der Waals surface area contributed by atoms with E-state index in [1.807, 2.05) is 31.2 Å². The van der Waals surface area contributed by atoms with E-state index in [4.69, 9.17) is 0 Å². The van der Waals surface area contributed by atoms with Gasteiger partial charge in [-0.15, -0.1) is 0 Å². The lowest BCUT2D eigenvalue weighted by atomic mass is 10.0. The van der Waals surface area contributed by atoms with E-state index in [-0.39, 0.29) is 24.7 Å². The summed E-state index contributed by atoms with van der Waals surface area (Å²) in [5, 5.41) is 13.1. The van der Waals surface area contributed by atoms with Crippen molar-refractivity contribution in [1.82, 2.24) is 14.5 Å². The zero-order valence-corrected chi connectivity index (χ0v) is 13.4. The highest BCUT2D eigenvalue weighted by Gasteiger charge is 2.31. The van der Waals surface area contributed by atoms with Crippen molar-refractivity contribution in [2.45, 2.75) is 51.3 Å². The lowest BCUT2D eigenvalue weighted by Crippen LogP contribution is -2.42. The van der Waals surface area contributed by atoms with E-state index >= 15 is 0 Å². The van der Waals surface area contributed by atoms with Crippen LogP contribution >= 0.6 is 0 Å². The number of hydrogen-bond donors (Lipinski definition) is 2. The van der Waals surface area contributed by atoms with E-state index in [1.54, 1.807) is 4.57 Å². The van der Waals surface area contributed by atoms with Gasteiger partial charge in [0.05, 0.1) is 16.6 Å². The van der Waals surface area contributed by atoms with Crippen molar-refractivity contribution in [2.75, 3.05) is 6.54 Å². The van der Waals surface area contributed by atoms with Gasteiger partial charge in [0, 0.05) is 13.1 Å². The van der Waals surface area contributed by atoms with Crippen molar-refractivity contribution < 1.29 is 9.90 Å². The molecule has 1 aromatic carbocycles. The van der Waals surface area contributed by atoms with E-state index in [0.717, 1.165) is 36.7 Å². The molecule has 0 saturated heterocycles. The Morgan fingerprint density at radius 3 is 2.43 bits per heavy atom. The first-order valence-corrected chi connectivity index (χ1v) is 8.21. The predicted molar refractivity (Wildman–Crippen MR) is 88.3 cm³/mol. The lowest BCUT2D eigenvalue weighted by Gasteiger charge is -2.22. The van der Waals surface area contributed by atoms with Crippen molar-refractivity contribution in [3.8, 4) is 0 Å². The molecule has 2 N–H and O–H groups in total. The fourth-order valence-corrected chi connectivity index (χ4v) is 3.40. The molecule has 1 fully saturated rings. The number of rotatable bonds is 5. The zero-order chi connectivity index (χ0) is 16.4. The van der Waals surface area contributed by atoms with Gasteiger partial charge in [0.1, 0.15) is 6.54 Å². The summed E-state index contributed by atoms with van der Waals surface area (Å²) in [7, 11) is 0. The maximum absolute atomic E-state index is 12.5. The summed E-state index contributed by atoms with van der Waals surface area (Å²) in [6, 6.07) is 7.47. The molecule has 1 amide bonds. The summed E-state index contributed by atoms with van der Waals surface area (Å²) in [4.78, 5) is 24.7. The van der Waals surface area contributed by atoms with Gasteiger partial charge >= 0.3 is 5.69 Å². The van der Waals surface area contributed by atoms with Gasteiger partial charge in [-0.05, 0) is 31.9 Å². The van der Waals surface area contributed by atoms with Crippen LogP contribution in [0, 0.1) is 0 Å². The Bertz CT molecular complexity index is 769. The van der Waals surface area contributed by atoms with Gasteiger partial charge in [0.25, 0.3) is 0 Å². The van der Waals surface area contributed by atoms with Crippen LogP contribution in [0.15, 0.2) is 29.1 Å². The minimum atomic E-state index is -0.780. The molecule has 1 saturated carbocycles. The van der Waals surface area contributed by atoms with E-state index in [2.05, 4.69) is 5.32 Å². The van der Waals surface area contributed by atoms with E-state index in [1.165, 1.54) is 4.57 Å². The molecule has 23 heavy (non-hydrogen) atoms. The highest BCUT2D eigenvalue weighted by atomic mass is 16.3. The van der Waals surface area contributed by atoms with Crippen LogP contribution in [0.5, 0.6) is 0 Å². The molecule has 1 aromatic heterocycles. The second-order valence-electron chi connectivity index (χ2n) is 6.31. The number of carbonyl (C=O) groups excluding carboxylic acids is 1. The van der Waals surface area contributed by atoms with Crippen molar-refractivity contribution in [3.63, 3.8) is 0 Å². The number of nitrogens with one attached hydrogen (secondary N) is 1. The number of hydrogen-bond acceptors (Lipinski definition) is 3. The third-order valence-corrected chi connectivity index (χ3v) is 4.69. The lowest BCUT2D eigenvalue weighted by molar-refractivity contribution is -0.122. The van der Waals surface area contributed by atoms with Crippen molar-refractivity contribution in [1.29, 1.82) is 0 Å². The highest BCUT2D eigenvalue weighted by molar-refractivity contribution is 5.81. The Hall–Kier alpha value is -2.08. The third-order valence-electron chi connectivity index (χ3n) is 4.69. The maximum atomic E-state index is 12.5. The topological polar surface area (TPSA) is 76.3 Å². The van der Waals surface area contributed by atoms with Gasteiger partial charge < -0.3 is 10.4 Å². The second-order valence-corrected chi connectivity index (χ2v) is 6.31. The quantitative estimate of drug-likeness (QED) is 0.871. The second kappa shape index (κ2) is 6.20. The summed E-state index contributed by atoms with van der Waals surface area (Å²) in [6.45, 7) is 2.71. The number of nitrogens with zero attached hydrogens (tertiary/aromatic N) is 2. The number of carbonyl (C=O) groups is 1. The summed E-state index contributed by atoms with van der Waals surface area (Å²) < 4.78 is 3.15. The van der Waals surface area contributed by atoms with E-state index < -0.39 is 5.60 Å². The summed E-state index contributed by atoms with van der Waals surface area (Å²) >= 11 is 0. The van der Waals surface area contributed by atoms with Crippen molar-refractivity contribution >= 4 is 16.9 Å². The third kappa shape index (κ3) is 3.03. The first-order chi connectivity index (χ1) is 11.0. The van der Waals surface area contributed by atoms with Crippen molar-refractivity contribution in [2.24, 2.45) is 0 Å². The number of imidazole rings is 1. The Morgan fingerprint density at radius 2 is 1.83 bits per heavy atom. The SMILES string of the molecule is CCn1c(=O)n(CC(=O)NCC2(O)CCCC2)c2ccccc21. The molecule has 124 valence electrons. The molecular formula is C17H23N3O3. The fourth-order valence-electron chi connectivity index (χ4n) is 3.40. The average Bonchev–Trinajstić information content (AvgIpc) is 3.09. The number of amides is 1. The molecule has 1 aliphatic carbocycles. The molecule has 0 spiro atoms. The Labute approximate surface area is 134 Å². The van der Waals surface area contributed by atoms with Crippen LogP contribution in [0.2, 0.25) is 0 Å². The van der Waals surface area contributed by atoms with Crippen LogP contribution in [-0.2, 0) is 17.9 Å². The van der Waals surface area contributed by atoms with Gasteiger partial charge in [-0.2, -0.15) is 0 Å². The van der Waals surface area contributed by atoms with E-state index in [0.29, 0.717) is 6.54 Å². The minimum absolute atomic E-state index is 0.0254. The summed E-state index contributed by atoms with van der Waals surface area (Å²) in [6.07, 6.45) is 3.44. The summed E-state index contributed by atoms with van der Waals surface area (Å²) in [5.74, 6) is -0.244. The van der Waals surface area contributed by atoms with Crippen molar-refractivity contribution in [3.05, 3.63) is 34.7 Å². The van der Waals surface area contributed by atoms with Gasteiger partial charge in [0.2, 0.25) is 5.91 Å². The van der Waals surface area contributed by atoms with Crippen LogP contribution in [0.3, 0.4) is 0 Å². The number of para-hydroxylation sites is 2. The molecule has 0 unspecified atom stereocenters. The number of fused-ring (bicyclic) bond motifs is 1. The Balaban J connectivity index is 1.77. The number of aryl methyl sites for hydroxylation is 1. The normalized spacial score (nSPS) is 16.8. The maximum Gasteiger partial charge on any atom is 0.329 e. The highest BCUT2D eigenvalue weighted by Crippen LogP contribution is 2.28. The molecule has 6 nitrogen and oxygen atoms in total. The largest absolute Gasteiger partial charge is 0.388 e. The molecule has 0 atom stereocenters. The van der Waals surface area contributed by atoms with Crippen LogP contribution in [0.1, 0.15) is 32.6 Å². The van der Waals surface area contributed by atoms with Crippen LogP contribution in [0.25, 0.3) is 11.0 Å². The molecule has 3 rings (SSSR count). The number of aromatic nitrogens is 2. The fraction of sp³-hybridized carbons (Fsp3) is 0.529. The van der Waals surface area contributed by atoms with Gasteiger partial charge in [-0.3, -0.25) is 13.9 Å².